The Bertz CT molecular complexity index is 1430. The molecule has 1 heterocycles. The van der Waals surface area contributed by atoms with E-state index in [0.29, 0.717) is 22.3 Å². The summed E-state index contributed by atoms with van der Waals surface area (Å²) in [4.78, 5) is 40.6. The first-order chi connectivity index (χ1) is 17.8. The number of nitrogens with zero attached hydrogens (tertiary/aromatic N) is 4. The number of nitro benzene ring substituents is 1. The van der Waals surface area contributed by atoms with Crippen molar-refractivity contribution in [1.29, 1.82) is 0 Å². The zero-order valence-corrected chi connectivity index (χ0v) is 21.8. The quantitative estimate of drug-likeness (QED) is 0.229. The third-order valence-corrected chi connectivity index (χ3v) is 6.53. The summed E-state index contributed by atoms with van der Waals surface area (Å²) in [5.74, 6) is -0.298. The van der Waals surface area contributed by atoms with E-state index in [4.69, 9.17) is 20.2 Å². The van der Waals surface area contributed by atoms with Crippen LogP contribution >= 0.6 is 15.9 Å². The zero-order valence-electron chi connectivity index (χ0n) is 20.2. The molecule has 0 unspecified atom stereocenters. The summed E-state index contributed by atoms with van der Waals surface area (Å²) >= 11 is 3.40. The standard InChI is InChI=1S/C25H26BrN5O6/c1-2-36-21-11-15(10-20(31(34)35)23(21)37-14-22(27)32)13-28-30-24(16-6-4-3-5-7-16)29-19-9-8-17(26)12-18(19)25(30)33/h8-13,16H,2-7,14H2,1H3,(H2,27,32). The molecule has 0 bridgehead atoms. The third kappa shape index (κ3) is 5.96. The molecule has 1 fully saturated rings. The average molecular weight is 572 g/mol. The monoisotopic (exact) mass is 571 g/mol. The van der Waals surface area contributed by atoms with Crippen LogP contribution in [0.2, 0.25) is 0 Å². The Morgan fingerprint density at radius 3 is 2.70 bits per heavy atom. The van der Waals surface area contributed by atoms with Crippen LogP contribution in [0.1, 0.15) is 56.3 Å². The van der Waals surface area contributed by atoms with Gasteiger partial charge >= 0.3 is 5.69 Å². The molecule has 1 aliphatic carbocycles. The number of amides is 1. The van der Waals surface area contributed by atoms with Crippen molar-refractivity contribution >= 4 is 44.6 Å². The van der Waals surface area contributed by atoms with Crippen LogP contribution in [0, 0.1) is 10.1 Å². The maximum absolute atomic E-state index is 13.5. The molecule has 11 nitrogen and oxygen atoms in total. The molecule has 3 aromatic rings. The van der Waals surface area contributed by atoms with Crippen LogP contribution in [0.4, 0.5) is 5.69 Å². The molecule has 0 saturated heterocycles. The molecule has 2 aromatic carbocycles. The van der Waals surface area contributed by atoms with E-state index in [-0.39, 0.29) is 29.6 Å². The first-order valence-electron chi connectivity index (χ1n) is 11.9. The van der Waals surface area contributed by atoms with Crippen LogP contribution in [0.25, 0.3) is 10.9 Å². The number of primary amides is 1. The van der Waals surface area contributed by atoms with Gasteiger partial charge in [0.25, 0.3) is 11.5 Å². The first-order valence-corrected chi connectivity index (χ1v) is 12.7. The first kappa shape index (κ1) is 26.3. The largest absolute Gasteiger partial charge is 0.490 e. The zero-order chi connectivity index (χ0) is 26.5. The molecule has 1 amide bonds. The van der Waals surface area contributed by atoms with Crippen LogP contribution in [-0.2, 0) is 4.79 Å². The summed E-state index contributed by atoms with van der Waals surface area (Å²) in [7, 11) is 0. The van der Waals surface area contributed by atoms with Gasteiger partial charge < -0.3 is 15.2 Å². The van der Waals surface area contributed by atoms with Crippen molar-refractivity contribution in [2.75, 3.05) is 13.2 Å². The molecule has 4 rings (SSSR count). The second-order valence-electron chi connectivity index (χ2n) is 8.64. The van der Waals surface area contributed by atoms with E-state index in [0.717, 1.165) is 36.6 Å². The van der Waals surface area contributed by atoms with E-state index < -0.39 is 23.1 Å². The van der Waals surface area contributed by atoms with Gasteiger partial charge in [-0.2, -0.15) is 9.78 Å². The number of halogens is 1. The van der Waals surface area contributed by atoms with Crippen LogP contribution in [0.15, 0.2) is 44.7 Å². The lowest BCUT2D eigenvalue weighted by Crippen LogP contribution is -2.25. The van der Waals surface area contributed by atoms with Crippen molar-refractivity contribution in [2.24, 2.45) is 10.8 Å². The minimum Gasteiger partial charge on any atom is -0.490 e. The van der Waals surface area contributed by atoms with Gasteiger partial charge in [-0.05, 0) is 44.0 Å². The number of aromatic nitrogens is 2. The van der Waals surface area contributed by atoms with Crippen LogP contribution in [-0.4, -0.2) is 39.9 Å². The van der Waals surface area contributed by atoms with Gasteiger partial charge in [-0.25, -0.2) is 4.98 Å². The molecule has 2 N–H and O–H groups in total. The molecule has 12 heteroatoms. The lowest BCUT2D eigenvalue weighted by Gasteiger charge is -2.22. The molecule has 0 aliphatic heterocycles. The fourth-order valence-electron chi connectivity index (χ4n) is 4.40. The number of benzene rings is 2. The molecule has 37 heavy (non-hydrogen) atoms. The summed E-state index contributed by atoms with van der Waals surface area (Å²) in [6.07, 6.45) is 6.37. The normalized spacial score (nSPS) is 14.2. The fraction of sp³-hybridized carbons (Fsp3) is 0.360. The van der Waals surface area contributed by atoms with Gasteiger partial charge in [0.2, 0.25) is 5.75 Å². The van der Waals surface area contributed by atoms with Crippen LogP contribution < -0.4 is 20.8 Å². The number of fused-ring (bicyclic) bond motifs is 1. The summed E-state index contributed by atoms with van der Waals surface area (Å²) in [6.45, 7) is 1.35. The van der Waals surface area contributed by atoms with Gasteiger partial charge in [-0.3, -0.25) is 19.7 Å². The molecule has 1 saturated carbocycles. The molecular weight excluding hydrogens is 546 g/mol. The van der Waals surface area contributed by atoms with E-state index in [1.165, 1.54) is 23.0 Å². The maximum Gasteiger partial charge on any atom is 0.315 e. The minimum atomic E-state index is -0.785. The Hall–Kier alpha value is -3.80. The number of carbonyl (C=O) groups excluding carboxylic acids is 1. The Labute approximate surface area is 220 Å². The molecule has 1 aliphatic rings. The molecule has 1 aromatic heterocycles. The van der Waals surface area contributed by atoms with E-state index in [2.05, 4.69) is 21.0 Å². The van der Waals surface area contributed by atoms with Crippen molar-refractivity contribution in [3.63, 3.8) is 0 Å². The second kappa shape index (κ2) is 11.5. The highest BCUT2D eigenvalue weighted by atomic mass is 79.9. The van der Waals surface area contributed by atoms with Gasteiger partial charge in [-0.15, -0.1) is 0 Å². The number of nitro groups is 1. The number of ether oxygens (including phenoxy) is 2. The van der Waals surface area contributed by atoms with E-state index in [1.54, 1.807) is 19.1 Å². The van der Waals surface area contributed by atoms with Gasteiger partial charge in [-0.1, -0.05) is 35.2 Å². The van der Waals surface area contributed by atoms with Crippen molar-refractivity contribution in [1.82, 2.24) is 9.66 Å². The number of rotatable bonds is 9. The number of hydrogen-bond acceptors (Lipinski definition) is 8. The molecular formula is C25H26BrN5O6. The molecule has 0 atom stereocenters. The Kier molecular flexibility index (Phi) is 8.17. The number of carbonyl (C=O) groups is 1. The van der Waals surface area contributed by atoms with Gasteiger partial charge in [0.1, 0.15) is 5.82 Å². The number of hydrogen-bond donors (Lipinski definition) is 1. The van der Waals surface area contributed by atoms with E-state index in [9.17, 15) is 19.7 Å². The highest BCUT2D eigenvalue weighted by Crippen LogP contribution is 2.38. The van der Waals surface area contributed by atoms with E-state index >= 15 is 0 Å². The Morgan fingerprint density at radius 2 is 2.03 bits per heavy atom. The predicted molar refractivity (Wildman–Crippen MR) is 141 cm³/mol. The highest BCUT2D eigenvalue weighted by molar-refractivity contribution is 9.10. The van der Waals surface area contributed by atoms with Crippen LogP contribution in [0.3, 0.4) is 0 Å². The third-order valence-electron chi connectivity index (χ3n) is 6.04. The minimum absolute atomic E-state index is 0.0554. The molecule has 194 valence electrons. The summed E-state index contributed by atoms with van der Waals surface area (Å²) < 4.78 is 12.8. The van der Waals surface area contributed by atoms with Gasteiger partial charge in [0, 0.05) is 22.0 Å². The number of nitrogens with two attached hydrogens (primary N) is 1. The maximum atomic E-state index is 13.5. The van der Waals surface area contributed by atoms with Gasteiger partial charge in [0.15, 0.2) is 12.4 Å². The SMILES string of the molecule is CCOc1cc(C=Nn2c(C3CCCCC3)nc3ccc(Br)cc3c2=O)cc([N+](=O)[O-])c1OCC(N)=O. The van der Waals surface area contributed by atoms with Crippen molar-refractivity contribution in [3.05, 3.63) is 66.7 Å². The highest BCUT2D eigenvalue weighted by Gasteiger charge is 2.24. The van der Waals surface area contributed by atoms with Crippen molar-refractivity contribution in [2.45, 2.75) is 44.9 Å². The predicted octanol–water partition coefficient (Wildman–Crippen LogP) is 4.26. The molecule has 0 radical (unpaired) electrons. The topological polar surface area (TPSA) is 152 Å². The Balaban J connectivity index is 1.83. The summed E-state index contributed by atoms with van der Waals surface area (Å²) in [5.41, 5.74) is 5.27. The smallest absolute Gasteiger partial charge is 0.315 e. The fourth-order valence-corrected chi connectivity index (χ4v) is 4.76. The summed E-state index contributed by atoms with van der Waals surface area (Å²) in [5, 5.41) is 16.6. The summed E-state index contributed by atoms with van der Waals surface area (Å²) in [6, 6.07) is 8.06. The lowest BCUT2D eigenvalue weighted by atomic mass is 9.88. The van der Waals surface area contributed by atoms with E-state index in [1.807, 2.05) is 6.07 Å². The van der Waals surface area contributed by atoms with Gasteiger partial charge in [0.05, 0.1) is 28.6 Å². The average Bonchev–Trinajstić information content (AvgIpc) is 2.88. The van der Waals surface area contributed by atoms with Crippen molar-refractivity contribution in [3.8, 4) is 11.5 Å². The molecule has 0 spiro atoms. The lowest BCUT2D eigenvalue weighted by molar-refractivity contribution is -0.385. The second-order valence-corrected chi connectivity index (χ2v) is 9.56. The Morgan fingerprint density at radius 1 is 1.27 bits per heavy atom. The van der Waals surface area contributed by atoms with Crippen molar-refractivity contribution < 1.29 is 19.2 Å². The van der Waals surface area contributed by atoms with Crippen LogP contribution in [0.5, 0.6) is 11.5 Å².